The summed E-state index contributed by atoms with van der Waals surface area (Å²) in [6.45, 7) is 3.99. The fourth-order valence-corrected chi connectivity index (χ4v) is 3.14. The second-order valence-corrected chi connectivity index (χ2v) is 6.81. The summed E-state index contributed by atoms with van der Waals surface area (Å²) in [6, 6.07) is 21.8. The van der Waals surface area contributed by atoms with Crippen molar-refractivity contribution < 1.29 is 10.1 Å². The summed E-state index contributed by atoms with van der Waals surface area (Å²) < 4.78 is 0. The number of anilines is 1. The number of nitrogens with one attached hydrogen (secondary N) is 1. The first-order valence-corrected chi connectivity index (χ1v) is 8.81. The molecule has 0 spiro atoms. The summed E-state index contributed by atoms with van der Waals surface area (Å²) in [6.07, 6.45) is 0. The first-order valence-electron chi connectivity index (χ1n) is 8.43. The monoisotopic (exact) mass is 353 g/mol. The molecule has 0 aliphatic rings. The van der Waals surface area contributed by atoms with E-state index in [1.165, 1.54) is 0 Å². The predicted octanol–water partition coefficient (Wildman–Crippen LogP) is 4.14. The van der Waals surface area contributed by atoms with Gasteiger partial charge in [-0.2, -0.15) is 0 Å². The number of carbonyl (C=O) groups excluding carboxylic acids is 1. The van der Waals surface area contributed by atoms with Crippen LogP contribution >= 0.6 is 11.6 Å². The van der Waals surface area contributed by atoms with Gasteiger partial charge in [-0.05, 0) is 48.9 Å². The lowest BCUT2D eigenvalue weighted by atomic mass is 10.1. The van der Waals surface area contributed by atoms with E-state index >= 15 is 0 Å². The first kappa shape index (κ1) is 17.5. The van der Waals surface area contributed by atoms with Crippen LogP contribution in [0.4, 0.5) is 5.69 Å². The minimum Gasteiger partial charge on any atom is -0.330 e. The number of hydrogen-bond acceptors (Lipinski definition) is 1. The van der Waals surface area contributed by atoms with Gasteiger partial charge in [-0.1, -0.05) is 54.1 Å². The maximum absolute atomic E-state index is 12.5. The van der Waals surface area contributed by atoms with Crippen LogP contribution in [0.15, 0.2) is 66.7 Å². The SMILES string of the molecule is C[C@H]([NH2+][C@H](C)C(=O)Nc1ccc2ccccc2c1)c1cccc(Cl)c1. The van der Waals surface area contributed by atoms with E-state index in [1.54, 1.807) is 0 Å². The highest BCUT2D eigenvalue weighted by Gasteiger charge is 2.20. The number of carbonyl (C=O) groups is 1. The van der Waals surface area contributed by atoms with Crippen molar-refractivity contribution in [2.45, 2.75) is 25.9 Å². The smallest absolute Gasteiger partial charge is 0.282 e. The highest BCUT2D eigenvalue weighted by Crippen LogP contribution is 2.19. The van der Waals surface area contributed by atoms with Gasteiger partial charge in [-0.15, -0.1) is 0 Å². The van der Waals surface area contributed by atoms with Gasteiger partial charge >= 0.3 is 0 Å². The lowest BCUT2D eigenvalue weighted by molar-refractivity contribution is -0.709. The molecule has 4 heteroatoms. The van der Waals surface area contributed by atoms with E-state index in [0.29, 0.717) is 5.02 Å². The quantitative estimate of drug-likeness (QED) is 0.711. The van der Waals surface area contributed by atoms with Crippen LogP contribution < -0.4 is 10.6 Å². The lowest BCUT2D eigenvalue weighted by Crippen LogP contribution is -2.91. The van der Waals surface area contributed by atoms with Crippen molar-refractivity contribution in [1.82, 2.24) is 0 Å². The van der Waals surface area contributed by atoms with E-state index in [2.05, 4.69) is 18.3 Å². The molecule has 3 nitrogen and oxygen atoms in total. The molecule has 1 amide bonds. The van der Waals surface area contributed by atoms with Crippen LogP contribution in [-0.4, -0.2) is 11.9 Å². The number of rotatable bonds is 5. The number of quaternary nitrogens is 1. The number of benzene rings is 3. The molecule has 0 saturated heterocycles. The third-order valence-electron chi connectivity index (χ3n) is 4.38. The Morgan fingerprint density at radius 2 is 1.72 bits per heavy atom. The molecular formula is C21H22ClN2O+. The summed E-state index contributed by atoms with van der Waals surface area (Å²) in [7, 11) is 0. The molecule has 25 heavy (non-hydrogen) atoms. The van der Waals surface area contributed by atoms with Crippen LogP contribution in [-0.2, 0) is 4.79 Å². The van der Waals surface area contributed by atoms with Crippen molar-refractivity contribution in [2.75, 3.05) is 5.32 Å². The van der Waals surface area contributed by atoms with Crippen LogP contribution in [0.1, 0.15) is 25.5 Å². The van der Waals surface area contributed by atoms with E-state index in [1.807, 2.05) is 72.9 Å². The van der Waals surface area contributed by atoms with Gasteiger partial charge in [-0.25, -0.2) is 0 Å². The molecule has 0 radical (unpaired) electrons. The van der Waals surface area contributed by atoms with Crippen molar-refractivity contribution in [1.29, 1.82) is 0 Å². The van der Waals surface area contributed by atoms with Crippen molar-refractivity contribution >= 4 is 34.0 Å². The summed E-state index contributed by atoms with van der Waals surface area (Å²) in [5, 5.41) is 8.04. The average Bonchev–Trinajstić information content (AvgIpc) is 2.61. The summed E-state index contributed by atoms with van der Waals surface area (Å²) >= 11 is 6.05. The third kappa shape index (κ3) is 4.38. The lowest BCUT2D eigenvalue weighted by Gasteiger charge is -2.17. The fraction of sp³-hybridized carbons (Fsp3) is 0.190. The molecule has 0 saturated carbocycles. The fourth-order valence-electron chi connectivity index (χ4n) is 2.94. The number of amides is 1. The van der Waals surface area contributed by atoms with Crippen LogP contribution in [0.25, 0.3) is 10.8 Å². The Morgan fingerprint density at radius 1 is 0.960 bits per heavy atom. The zero-order chi connectivity index (χ0) is 17.8. The summed E-state index contributed by atoms with van der Waals surface area (Å²) in [4.78, 5) is 12.5. The molecule has 3 N–H and O–H groups in total. The maximum Gasteiger partial charge on any atom is 0.282 e. The highest BCUT2D eigenvalue weighted by molar-refractivity contribution is 6.30. The third-order valence-corrected chi connectivity index (χ3v) is 4.62. The molecule has 3 aromatic carbocycles. The minimum atomic E-state index is -0.208. The van der Waals surface area contributed by atoms with Gasteiger partial charge in [0.25, 0.3) is 5.91 Å². The molecule has 0 unspecified atom stereocenters. The Morgan fingerprint density at radius 3 is 2.48 bits per heavy atom. The second-order valence-electron chi connectivity index (χ2n) is 6.38. The topological polar surface area (TPSA) is 45.7 Å². The van der Waals surface area contributed by atoms with Gasteiger partial charge in [0.15, 0.2) is 6.04 Å². The van der Waals surface area contributed by atoms with Crippen molar-refractivity contribution in [2.24, 2.45) is 0 Å². The molecule has 0 heterocycles. The van der Waals surface area contributed by atoms with Gasteiger partial charge in [0.2, 0.25) is 0 Å². The van der Waals surface area contributed by atoms with E-state index in [9.17, 15) is 4.79 Å². The second kappa shape index (κ2) is 7.68. The van der Waals surface area contributed by atoms with Gasteiger partial charge in [0, 0.05) is 16.3 Å². The van der Waals surface area contributed by atoms with Gasteiger partial charge in [-0.3, -0.25) is 4.79 Å². The normalized spacial score (nSPS) is 13.4. The van der Waals surface area contributed by atoms with E-state index in [-0.39, 0.29) is 18.0 Å². The zero-order valence-corrected chi connectivity index (χ0v) is 15.1. The maximum atomic E-state index is 12.5. The van der Waals surface area contributed by atoms with Crippen molar-refractivity contribution in [3.05, 3.63) is 77.3 Å². The molecule has 0 fully saturated rings. The highest BCUT2D eigenvalue weighted by atomic mass is 35.5. The van der Waals surface area contributed by atoms with E-state index in [0.717, 1.165) is 22.0 Å². The standard InChI is InChI=1S/C21H21ClN2O/c1-14(17-8-5-9-19(22)12-17)23-15(2)21(25)24-20-11-10-16-6-3-4-7-18(16)13-20/h3-15,23H,1-2H3,(H,24,25)/p+1/t14-,15+/m0/s1. The molecule has 2 atom stereocenters. The van der Waals surface area contributed by atoms with Gasteiger partial charge < -0.3 is 10.6 Å². The number of halogens is 1. The largest absolute Gasteiger partial charge is 0.330 e. The Hall–Kier alpha value is -2.36. The van der Waals surface area contributed by atoms with Crippen LogP contribution in [0.2, 0.25) is 5.02 Å². The molecule has 0 aliphatic heterocycles. The van der Waals surface area contributed by atoms with Crippen molar-refractivity contribution in [3.8, 4) is 0 Å². The zero-order valence-electron chi connectivity index (χ0n) is 14.4. The molecule has 128 valence electrons. The summed E-state index contributed by atoms with van der Waals surface area (Å²) in [5.41, 5.74) is 1.93. The van der Waals surface area contributed by atoms with Crippen LogP contribution in [0, 0.1) is 0 Å². The molecule has 0 aliphatic carbocycles. The Kier molecular flexibility index (Phi) is 5.37. The number of fused-ring (bicyclic) bond motifs is 1. The molecular weight excluding hydrogens is 332 g/mol. The molecule has 3 rings (SSSR count). The molecule has 0 aromatic heterocycles. The Labute approximate surface area is 153 Å². The predicted molar refractivity (Wildman–Crippen MR) is 104 cm³/mol. The van der Waals surface area contributed by atoms with E-state index < -0.39 is 0 Å². The van der Waals surface area contributed by atoms with Crippen molar-refractivity contribution in [3.63, 3.8) is 0 Å². The Bertz CT molecular complexity index is 894. The van der Waals surface area contributed by atoms with Crippen LogP contribution in [0.5, 0.6) is 0 Å². The van der Waals surface area contributed by atoms with Crippen LogP contribution in [0.3, 0.4) is 0 Å². The molecule has 0 bridgehead atoms. The minimum absolute atomic E-state index is 0.0100. The van der Waals surface area contributed by atoms with Gasteiger partial charge in [0.05, 0.1) is 0 Å². The van der Waals surface area contributed by atoms with Gasteiger partial charge in [0.1, 0.15) is 6.04 Å². The number of nitrogens with two attached hydrogens (primary N) is 1. The number of hydrogen-bond donors (Lipinski definition) is 2. The Balaban J connectivity index is 1.65. The summed E-state index contributed by atoms with van der Waals surface area (Å²) in [5.74, 6) is -0.0100. The molecule has 3 aromatic rings. The first-order chi connectivity index (χ1) is 12.0. The average molecular weight is 354 g/mol. The van der Waals surface area contributed by atoms with E-state index in [4.69, 9.17) is 11.6 Å².